The number of rotatable bonds is 9. The van der Waals surface area contributed by atoms with E-state index in [2.05, 4.69) is 5.32 Å². The molecule has 0 spiro atoms. The molecule has 0 saturated carbocycles. The molecule has 2 aromatic carbocycles. The Morgan fingerprint density at radius 2 is 1.93 bits per heavy atom. The number of amides is 2. The lowest BCUT2D eigenvalue weighted by Crippen LogP contribution is -2.49. The molecule has 0 fully saturated rings. The summed E-state index contributed by atoms with van der Waals surface area (Å²) >= 11 is 12.0. The second-order valence-corrected chi connectivity index (χ2v) is 7.15. The molecular formula is C21H24Cl2N2O4. The van der Waals surface area contributed by atoms with E-state index in [1.54, 1.807) is 26.2 Å². The average Bonchev–Trinajstić information content (AvgIpc) is 2.71. The van der Waals surface area contributed by atoms with Crippen LogP contribution in [-0.2, 0) is 16.1 Å². The number of carbonyl (C=O) groups is 2. The molecule has 8 heteroatoms. The van der Waals surface area contributed by atoms with Crippen LogP contribution in [0, 0.1) is 0 Å². The Morgan fingerprint density at radius 3 is 2.59 bits per heavy atom. The molecule has 2 amide bonds. The molecule has 1 atom stereocenters. The highest BCUT2D eigenvalue weighted by Gasteiger charge is 2.26. The highest BCUT2D eigenvalue weighted by atomic mass is 35.5. The number of nitrogens with zero attached hydrogens (tertiary/aromatic N) is 1. The van der Waals surface area contributed by atoms with Crippen molar-refractivity contribution in [3.8, 4) is 11.5 Å². The van der Waals surface area contributed by atoms with Gasteiger partial charge in [0, 0.05) is 18.1 Å². The number of carbonyl (C=O) groups excluding carboxylic acids is 2. The first-order valence-corrected chi connectivity index (χ1v) is 9.89. The summed E-state index contributed by atoms with van der Waals surface area (Å²) in [6.07, 6.45) is 0. The van der Waals surface area contributed by atoms with Gasteiger partial charge in [-0.1, -0.05) is 35.3 Å². The zero-order valence-electron chi connectivity index (χ0n) is 16.6. The first kappa shape index (κ1) is 22.8. The molecule has 0 unspecified atom stereocenters. The van der Waals surface area contributed by atoms with Gasteiger partial charge in [-0.05, 0) is 49.7 Å². The van der Waals surface area contributed by atoms with E-state index in [4.69, 9.17) is 32.7 Å². The molecule has 29 heavy (non-hydrogen) atoms. The van der Waals surface area contributed by atoms with Gasteiger partial charge in [-0.25, -0.2) is 0 Å². The number of nitrogens with one attached hydrogen (secondary N) is 1. The van der Waals surface area contributed by atoms with Crippen LogP contribution in [0.25, 0.3) is 0 Å². The topological polar surface area (TPSA) is 67.9 Å². The summed E-state index contributed by atoms with van der Waals surface area (Å²) in [5, 5.41) is 3.52. The molecule has 0 saturated heterocycles. The minimum absolute atomic E-state index is 0.228. The summed E-state index contributed by atoms with van der Waals surface area (Å²) in [6, 6.07) is 11.4. The Labute approximate surface area is 180 Å². The molecular weight excluding hydrogens is 415 g/mol. The van der Waals surface area contributed by atoms with E-state index < -0.39 is 6.04 Å². The van der Waals surface area contributed by atoms with Gasteiger partial charge < -0.3 is 19.7 Å². The molecule has 1 N–H and O–H groups in total. The third-order valence-electron chi connectivity index (χ3n) is 4.25. The standard InChI is InChI=1S/C21H24Cl2N2O4/c1-4-24-21(27)14(2)25(12-15-6-5-7-17(10-15)28-3)20(26)13-29-19-9-8-16(22)11-18(19)23/h5-11,14H,4,12-13H2,1-3H3,(H,24,27)/t14-/m0/s1. The predicted octanol–water partition coefficient (Wildman–Crippen LogP) is 3.93. The van der Waals surface area contributed by atoms with E-state index in [0.29, 0.717) is 28.1 Å². The van der Waals surface area contributed by atoms with Crippen molar-refractivity contribution in [3.63, 3.8) is 0 Å². The SMILES string of the molecule is CCNC(=O)[C@H](C)N(Cc1cccc(OC)c1)C(=O)COc1ccc(Cl)cc1Cl. The van der Waals surface area contributed by atoms with Crippen LogP contribution in [-0.4, -0.2) is 43.0 Å². The Kier molecular flexibility index (Phi) is 8.61. The number of hydrogen-bond donors (Lipinski definition) is 1. The fraction of sp³-hybridized carbons (Fsp3) is 0.333. The van der Waals surface area contributed by atoms with Gasteiger partial charge in [0.1, 0.15) is 17.5 Å². The van der Waals surface area contributed by atoms with Crippen LogP contribution in [0.5, 0.6) is 11.5 Å². The van der Waals surface area contributed by atoms with E-state index in [1.165, 1.54) is 11.0 Å². The van der Waals surface area contributed by atoms with Gasteiger partial charge in [0.15, 0.2) is 6.61 Å². The summed E-state index contributed by atoms with van der Waals surface area (Å²) in [5.74, 6) is 0.423. The largest absolute Gasteiger partial charge is 0.497 e. The summed E-state index contributed by atoms with van der Waals surface area (Å²) in [5.41, 5.74) is 0.832. The van der Waals surface area contributed by atoms with Gasteiger partial charge in [-0.3, -0.25) is 9.59 Å². The molecule has 6 nitrogen and oxygen atoms in total. The fourth-order valence-electron chi connectivity index (χ4n) is 2.69. The number of ether oxygens (including phenoxy) is 2. The van der Waals surface area contributed by atoms with Crippen molar-refractivity contribution in [1.82, 2.24) is 10.2 Å². The van der Waals surface area contributed by atoms with Crippen molar-refractivity contribution in [2.75, 3.05) is 20.3 Å². The Balaban J connectivity index is 2.18. The first-order valence-electron chi connectivity index (χ1n) is 9.13. The van der Waals surface area contributed by atoms with Crippen LogP contribution in [0.15, 0.2) is 42.5 Å². The predicted molar refractivity (Wildman–Crippen MR) is 114 cm³/mol. The molecule has 0 bridgehead atoms. The minimum Gasteiger partial charge on any atom is -0.497 e. The van der Waals surface area contributed by atoms with Crippen molar-refractivity contribution < 1.29 is 19.1 Å². The molecule has 0 aliphatic heterocycles. The summed E-state index contributed by atoms with van der Waals surface area (Å²) < 4.78 is 10.8. The van der Waals surface area contributed by atoms with Gasteiger partial charge >= 0.3 is 0 Å². The molecule has 2 rings (SSSR count). The maximum Gasteiger partial charge on any atom is 0.261 e. The van der Waals surface area contributed by atoms with Crippen LogP contribution in [0.3, 0.4) is 0 Å². The van der Waals surface area contributed by atoms with Gasteiger partial charge in [0.05, 0.1) is 12.1 Å². The van der Waals surface area contributed by atoms with Crippen molar-refractivity contribution in [2.45, 2.75) is 26.4 Å². The number of halogens is 2. The average molecular weight is 439 g/mol. The Morgan fingerprint density at radius 1 is 1.17 bits per heavy atom. The third-order valence-corrected chi connectivity index (χ3v) is 4.78. The maximum atomic E-state index is 12.9. The summed E-state index contributed by atoms with van der Waals surface area (Å²) in [7, 11) is 1.57. The minimum atomic E-state index is -0.682. The summed E-state index contributed by atoms with van der Waals surface area (Å²) in [4.78, 5) is 26.7. The first-order chi connectivity index (χ1) is 13.8. The molecule has 0 radical (unpaired) electrons. The van der Waals surface area contributed by atoms with E-state index >= 15 is 0 Å². The van der Waals surface area contributed by atoms with Gasteiger partial charge in [-0.15, -0.1) is 0 Å². The second kappa shape index (κ2) is 10.9. The van der Waals surface area contributed by atoms with E-state index in [-0.39, 0.29) is 25.0 Å². The highest BCUT2D eigenvalue weighted by Crippen LogP contribution is 2.27. The zero-order valence-corrected chi connectivity index (χ0v) is 18.1. The van der Waals surface area contributed by atoms with Crippen molar-refractivity contribution >= 4 is 35.0 Å². The van der Waals surface area contributed by atoms with Crippen LogP contribution in [0.1, 0.15) is 19.4 Å². The van der Waals surface area contributed by atoms with E-state index in [1.807, 2.05) is 31.2 Å². The third kappa shape index (κ3) is 6.54. The lowest BCUT2D eigenvalue weighted by Gasteiger charge is -2.28. The summed E-state index contributed by atoms with van der Waals surface area (Å²) in [6.45, 7) is 3.94. The molecule has 2 aromatic rings. The molecule has 0 aromatic heterocycles. The molecule has 156 valence electrons. The monoisotopic (exact) mass is 438 g/mol. The van der Waals surface area contributed by atoms with Crippen molar-refractivity contribution in [2.24, 2.45) is 0 Å². The van der Waals surface area contributed by atoms with E-state index in [0.717, 1.165) is 5.56 Å². The van der Waals surface area contributed by atoms with Crippen molar-refractivity contribution in [3.05, 3.63) is 58.1 Å². The van der Waals surface area contributed by atoms with Gasteiger partial charge in [0.25, 0.3) is 5.91 Å². The quantitative estimate of drug-likeness (QED) is 0.643. The van der Waals surface area contributed by atoms with Crippen LogP contribution in [0.4, 0.5) is 0 Å². The van der Waals surface area contributed by atoms with Crippen LogP contribution >= 0.6 is 23.2 Å². The fourth-order valence-corrected chi connectivity index (χ4v) is 3.15. The number of likely N-dealkylation sites (N-methyl/N-ethyl adjacent to an activating group) is 1. The zero-order chi connectivity index (χ0) is 21.4. The normalized spacial score (nSPS) is 11.5. The Hall–Kier alpha value is -2.44. The highest BCUT2D eigenvalue weighted by molar-refractivity contribution is 6.35. The van der Waals surface area contributed by atoms with Gasteiger partial charge in [0.2, 0.25) is 5.91 Å². The van der Waals surface area contributed by atoms with Crippen molar-refractivity contribution in [1.29, 1.82) is 0 Å². The maximum absolute atomic E-state index is 12.9. The molecule has 0 aliphatic carbocycles. The molecule has 0 aliphatic rings. The second-order valence-electron chi connectivity index (χ2n) is 6.31. The smallest absolute Gasteiger partial charge is 0.261 e. The van der Waals surface area contributed by atoms with Gasteiger partial charge in [-0.2, -0.15) is 0 Å². The van der Waals surface area contributed by atoms with E-state index in [9.17, 15) is 9.59 Å². The lowest BCUT2D eigenvalue weighted by molar-refractivity contribution is -0.142. The van der Waals surface area contributed by atoms with Crippen LogP contribution < -0.4 is 14.8 Å². The lowest BCUT2D eigenvalue weighted by atomic mass is 10.1. The number of methoxy groups -OCH3 is 1. The molecule has 0 heterocycles. The number of benzene rings is 2. The Bertz CT molecular complexity index is 860. The number of hydrogen-bond acceptors (Lipinski definition) is 4. The van der Waals surface area contributed by atoms with Crippen LogP contribution in [0.2, 0.25) is 10.0 Å².